The number of fused-ring (bicyclic) bond motifs is 1. The monoisotopic (exact) mass is 492 g/mol. The van der Waals surface area contributed by atoms with E-state index in [4.69, 9.17) is 4.74 Å². The van der Waals surface area contributed by atoms with Gasteiger partial charge in [0.1, 0.15) is 5.75 Å². The van der Waals surface area contributed by atoms with Crippen LogP contribution >= 0.6 is 0 Å². The van der Waals surface area contributed by atoms with E-state index < -0.39 is 10.0 Å². The van der Waals surface area contributed by atoms with Gasteiger partial charge in [0, 0.05) is 51.7 Å². The van der Waals surface area contributed by atoms with Crippen LogP contribution in [0.15, 0.2) is 71.9 Å². The average Bonchev–Trinajstić information content (AvgIpc) is 3.34. The van der Waals surface area contributed by atoms with Gasteiger partial charge in [-0.25, -0.2) is 8.42 Å². The van der Waals surface area contributed by atoms with Gasteiger partial charge in [-0.1, -0.05) is 24.3 Å². The maximum absolute atomic E-state index is 13.5. The number of anilines is 1. The second-order valence-electron chi connectivity index (χ2n) is 8.75. The van der Waals surface area contributed by atoms with Crippen LogP contribution in [0.3, 0.4) is 0 Å². The van der Waals surface area contributed by atoms with Crippen LogP contribution in [0.25, 0.3) is 0 Å². The van der Waals surface area contributed by atoms with E-state index in [9.17, 15) is 13.2 Å². The molecule has 0 unspecified atom stereocenters. The van der Waals surface area contributed by atoms with Crippen LogP contribution in [0.4, 0.5) is 5.69 Å². The van der Waals surface area contributed by atoms with Crippen molar-refractivity contribution in [3.05, 3.63) is 83.7 Å². The second kappa shape index (κ2) is 9.67. The predicted molar refractivity (Wildman–Crippen MR) is 133 cm³/mol. The molecule has 1 amide bonds. The number of carbonyl (C=O) groups excluding carboxylic acids is 1. The molecule has 0 N–H and O–H groups in total. The van der Waals surface area contributed by atoms with E-state index in [0.29, 0.717) is 37.5 Å². The molecule has 35 heavy (non-hydrogen) atoms. The highest BCUT2D eigenvalue weighted by atomic mass is 32.2. The summed E-state index contributed by atoms with van der Waals surface area (Å²) in [5, 5.41) is 0. The smallest absolute Gasteiger partial charge is 0.264 e. The van der Waals surface area contributed by atoms with Crippen molar-refractivity contribution in [2.24, 2.45) is 0 Å². The van der Waals surface area contributed by atoms with Crippen molar-refractivity contribution in [3.8, 4) is 5.75 Å². The molecular formula is C26H28N4O4S. The fourth-order valence-corrected chi connectivity index (χ4v) is 6.26. The predicted octanol–water partition coefficient (Wildman–Crippen LogP) is 2.80. The minimum absolute atomic E-state index is 0.0913. The number of amides is 1. The summed E-state index contributed by atoms with van der Waals surface area (Å²) in [6.07, 6.45) is 4.28. The number of aromatic nitrogens is 1. The van der Waals surface area contributed by atoms with Gasteiger partial charge in [0.05, 0.1) is 23.3 Å². The molecular weight excluding hydrogens is 464 g/mol. The average molecular weight is 493 g/mol. The zero-order valence-electron chi connectivity index (χ0n) is 19.6. The third kappa shape index (κ3) is 4.61. The van der Waals surface area contributed by atoms with Crippen molar-refractivity contribution in [3.63, 3.8) is 0 Å². The quantitative estimate of drug-likeness (QED) is 0.526. The summed E-state index contributed by atoms with van der Waals surface area (Å²) in [4.78, 5) is 21.8. The third-order valence-electron chi connectivity index (χ3n) is 6.62. The van der Waals surface area contributed by atoms with Crippen LogP contribution in [0.1, 0.15) is 21.5 Å². The Bertz CT molecular complexity index is 1320. The van der Waals surface area contributed by atoms with Crippen molar-refractivity contribution in [1.29, 1.82) is 0 Å². The van der Waals surface area contributed by atoms with Gasteiger partial charge in [0.25, 0.3) is 15.9 Å². The molecule has 2 aliphatic rings. The van der Waals surface area contributed by atoms with Crippen molar-refractivity contribution in [2.45, 2.75) is 17.9 Å². The number of hydrogen-bond acceptors (Lipinski definition) is 6. The van der Waals surface area contributed by atoms with Gasteiger partial charge >= 0.3 is 0 Å². The Hall–Kier alpha value is -3.43. The number of ether oxygens (including phenoxy) is 1. The number of piperazine rings is 1. The zero-order valence-corrected chi connectivity index (χ0v) is 20.4. The van der Waals surface area contributed by atoms with Crippen molar-refractivity contribution in [1.82, 2.24) is 14.8 Å². The molecule has 2 aromatic carbocycles. The third-order valence-corrected chi connectivity index (χ3v) is 8.43. The highest BCUT2D eigenvalue weighted by Gasteiger charge is 2.32. The first-order valence-electron chi connectivity index (χ1n) is 11.7. The molecule has 9 heteroatoms. The number of para-hydroxylation sites is 1. The van der Waals surface area contributed by atoms with Crippen LogP contribution < -0.4 is 9.04 Å². The molecule has 0 aliphatic carbocycles. The van der Waals surface area contributed by atoms with Gasteiger partial charge in [0.2, 0.25) is 0 Å². The number of pyridine rings is 1. The minimum atomic E-state index is -3.81. The molecule has 1 saturated heterocycles. The fraction of sp³-hybridized carbons (Fsp3) is 0.308. The Morgan fingerprint density at radius 2 is 1.80 bits per heavy atom. The lowest BCUT2D eigenvalue weighted by Crippen LogP contribution is -2.48. The largest absolute Gasteiger partial charge is 0.496 e. The molecule has 3 heterocycles. The van der Waals surface area contributed by atoms with E-state index in [-0.39, 0.29) is 16.4 Å². The van der Waals surface area contributed by atoms with E-state index in [1.807, 2.05) is 42.6 Å². The van der Waals surface area contributed by atoms with Crippen LogP contribution in [0, 0.1) is 0 Å². The first-order valence-corrected chi connectivity index (χ1v) is 13.1. The van der Waals surface area contributed by atoms with Crippen molar-refractivity contribution < 1.29 is 17.9 Å². The Labute approximate surface area is 205 Å². The molecule has 5 rings (SSSR count). The standard InChI is InChI=1S/C26H28N4O4S/c1-34-25-9-8-22(35(32,33)30-12-10-21-6-2-3-7-24(21)30)17-23(25)26(31)29-15-13-28(14-16-29)19-20-5-4-11-27-18-20/h2-9,11,17-18H,10,12-16,19H2,1H3. The first kappa shape index (κ1) is 23.3. The highest BCUT2D eigenvalue weighted by molar-refractivity contribution is 7.92. The van der Waals surface area contributed by atoms with Gasteiger partial charge in [-0.15, -0.1) is 0 Å². The van der Waals surface area contributed by atoms with Gasteiger partial charge < -0.3 is 9.64 Å². The number of nitrogens with zero attached hydrogens (tertiary/aromatic N) is 4. The first-order chi connectivity index (χ1) is 17.0. The van der Waals surface area contributed by atoms with Crippen LogP contribution in [-0.4, -0.2) is 68.9 Å². The van der Waals surface area contributed by atoms with Gasteiger partial charge in [-0.05, 0) is 47.9 Å². The highest BCUT2D eigenvalue weighted by Crippen LogP contribution is 2.34. The molecule has 1 aromatic heterocycles. The van der Waals surface area contributed by atoms with E-state index in [1.165, 1.54) is 23.5 Å². The second-order valence-corrected chi connectivity index (χ2v) is 10.6. The number of carbonyl (C=O) groups is 1. The van der Waals surface area contributed by atoms with E-state index in [1.54, 1.807) is 17.2 Å². The van der Waals surface area contributed by atoms with Gasteiger partial charge in [0.15, 0.2) is 0 Å². The molecule has 0 saturated carbocycles. The molecule has 8 nitrogen and oxygen atoms in total. The van der Waals surface area contributed by atoms with Crippen LogP contribution in [0.2, 0.25) is 0 Å². The Balaban J connectivity index is 1.34. The van der Waals surface area contributed by atoms with Crippen molar-refractivity contribution >= 4 is 21.6 Å². The van der Waals surface area contributed by atoms with E-state index in [0.717, 1.165) is 30.8 Å². The zero-order chi connectivity index (χ0) is 24.4. The van der Waals surface area contributed by atoms with E-state index >= 15 is 0 Å². The summed E-state index contributed by atoms with van der Waals surface area (Å²) < 4.78 is 33.9. The SMILES string of the molecule is COc1ccc(S(=O)(=O)N2CCc3ccccc32)cc1C(=O)N1CCN(Cc2cccnc2)CC1. The Morgan fingerprint density at radius 1 is 1.00 bits per heavy atom. The molecule has 0 radical (unpaired) electrons. The van der Waals surface area contributed by atoms with Crippen LogP contribution in [-0.2, 0) is 23.0 Å². The molecule has 2 aliphatic heterocycles. The van der Waals surface area contributed by atoms with Crippen LogP contribution in [0.5, 0.6) is 5.75 Å². The fourth-order valence-electron chi connectivity index (χ4n) is 4.73. The lowest BCUT2D eigenvalue weighted by molar-refractivity contribution is 0.0625. The Morgan fingerprint density at radius 3 is 2.54 bits per heavy atom. The summed E-state index contributed by atoms with van der Waals surface area (Å²) in [5.41, 5.74) is 3.10. The molecule has 0 bridgehead atoms. The Kier molecular flexibility index (Phi) is 6.44. The lowest BCUT2D eigenvalue weighted by Gasteiger charge is -2.35. The van der Waals surface area contributed by atoms with Crippen molar-refractivity contribution in [2.75, 3.05) is 44.1 Å². The maximum Gasteiger partial charge on any atom is 0.264 e. The van der Waals surface area contributed by atoms with Gasteiger partial charge in [-0.3, -0.25) is 19.0 Å². The summed E-state index contributed by atoms with van der Waals surface area (Å²) >= 11 is 0. The summed E-state index contributed by atoms with van der Waals surface area (Å²) in [6.45, 7) is 3.73. The molecule has 0 atom stereocenters. The lowest BCUT2D eigenvalue weighted by atomic mass is 10.1. The van der Waals surface area contributed by atoms with E-state index in [2.05, 4.69) is 9.88 Å². The summed E-state index contributed by atoms with van der Waals surface area (Å²) in [7, 11) is -2.33. The molecule has 1 fully saturated rings. The topological polar surface area (TPSA) is 83.0 Å². The summed E-state index contributed by atoms with van der Waals surface area (Å²) in [6, 6.07) is 16.0. The number of sulfonamides is 1. The molecule has 182 valence electrons. The maximum atomic E-state index is 13.5. The normalized spacial score (nSPS) is 16.3. The summed E-state index contributed by atoms with van der Waals surface area (Å²) in [5.74, 6) is 0.148. The minimum Gasteiger partial charge on any atom is -0.496 e. The molecule has 3 aromatic rings. The number of hydrogen-bond donors (Lipinski definition) is 0. The van der Waals surface area contributed by atoms with Gasteiger partial charge in [-0.2, -0.15) is 0 Å². The number of rotatable bonds is 6. The number of methoxy groups -OCH3 is 1. The number of benzene rings is 2. The molecule has 0 spiro atoms.